The Labute approximate surface area is 170 Å². The monoisotopic (exact) mass is 404 g/mol. The van der Waals surface area contributed by atoms with Gasteiger partial charge in [0.15, 0.2) is 12.1 Å². The SMILES string of the molecule is Cc1ccc(F)c(NC(=O)Nc2ccc(-c3c(C=O)cn4ncnc(N)c34)cc2)c1. The molecule has 0 aliphatic rings. The second kappa shape index (κ2) is 7.63. The number of aldehydes is 1. The molecule has 0 atom stereocenters. The van der Waals surface area contributed by atoms with Crippen LogP contribution in [-0.4, -0.2) is 26.9 Å². The summed E-state index contributed by atoms with van der Waals surface area (Å²) in [6, 6.07) is 10.7. The third-order valence-electron chi connectivity index (χ3n) is 4.56. The number of aromatic nitrogens is 3. The first-order valence-electron chi connectivity index (χ1n) is 8.98. The minimum absolute atomic E-state index is 0.0931. The molecule has 2 aromatic carbocycles. The zero-order valence-electron chi connectivity index (χ0n) is 15.9. The van der Waals surface area contributed by atoms with E-state index in [2.05, 4.69) is 20.7 Å². The minimum Gasteiger partial charge on any atom is -0.382 e. The zero-order valence-corrected chi connectivity index (χ0v) is 15.9. The maximum atomic E-state index is 13.8. The molecule has 0 aliphatic heterocycles. The predicted octanol–water partition coefficient (Wildman–Crippen LogP) is 3.88. The molecule has 0 radical (unpaired) electrons. The van der Waals surface area contributed by atoms with Crippen LogP contribution in [0.2, 0.25) is 0 Å². The molecule has 2 aromatic heterocycles. The Hall–Kier alpha value is -4.27. The van der Waals surface area contributed by atoms with Crippen LogP contribution < -0.4 is 16.4 Å². The lowest BCUT2D eigenvalue weighted by molar-refractivity contribution is 0.112. The minimum atomic E-state index is -0.576. The van der Waals surface area contributed by atoms with Gasteiger partial charge in [-0.2, -0.15) is 5.10 Å². The van der Waals surface area contributed by atoms with Crippen LogP contribution in [0.15, 0.2) is 55.0 Å². The van der Waals surface area contributed by atoms with Gasteiger partial charge in [-0.15, -0.1) is 0 Å². The third kappa shape index (κ3) is 3.55. The molecule has 150 valence electrons. The van der Waals surface area contributed by atoms with E-state index in [0.29, 0.717) is 27.9 Å². The van der Waals surface area contributed by atoms with Gasteiger partial charge >= 0.3 is 6.03 Å². The summed E-state index contributed by atoms with van der Waals surface area (Å²) in [5.41, 5.74) is 9.62. The van der Waals surface area contributed by atoms with Crippen molar-refractivity contribution in [3.63, 3.8) is 0 Å². The van der Waals surface area contributed by atoms with Crippen LogP contribution in [0.3, 0.4) is 0 Å². The average molecular weight is 404 g/mol. The lowest BCUT2D eigenvalue weighted by atomic mass is 10.0. The number of anilines is 3. The molecule has 4 rings (SSSR count). The van der Waals surface area contributed by atoms with Gasteiger partial charge in [-0.05, 0) is 42.3 Å². The van der Waals surface area contributed by atoms with E-state index in [-0.39, 0.29) is 11.5 Å². The highest BCUT2D eigenvalue weighted by Crippen LogP contribution is 2.32. The van der Waals surface area contributed by atoms with Crippen molar-refractivity contribution in [1.82, 2.24) is 14.6 Å². The van der Waals surface area contributed by atoms with E-state index in [4.69, 9.17) is 5.73 Å². The standard InChI is InChI=1S/C21H17FN6O2/c1-12-2-7-16(22)17(8-12)27-21(30)26-15-5-3-13(4-6-15)18-14(10-29)9-28-19(18)20(23)24-11-25-28/h2-11H,1H3,(H2,23,24,25)(H2,26,27,30). The number of halogens is 1. The number of carbonyl (C=O) groups is 2. The van der Waals surface area contributed by atoms with Gasteiger partial charge in [-0.3, -0.25) is 4.79 Å². The smallest absolute Gasteiger partial charge is 0.323 e. The summed E-state index contributed by atoms with van der Waals surface area (Å²) < 4.78 is 15.3. The van der Waals surface area contributed by atoms with Crippen molar-refractivity contribution in [1.29, 1.82) is 0 Å². The summed E-state index contributed by atoms with van der Waals surface area (Å²) in [5.74, 6) is -0.275. The number of hydrogen-bond acceptors (Lipinski definition) is 5. The number of carbonyl (C=O) groups excluding carboxylic acids is 2. The third-order valence-corrected chi connectivity index (χ3v) is 4.56. The van der Waals surface area contributed by atoms with E-state index in [1.165, 1.54) is 16.9 Å². The highest BCUT2D eigenvalue weighted by molar-refractivity contribution is 6.01. The van der Waals surface area contributed by atoms with Gasteiger partial charge in [-0.1, -0.05) is 18.2 Å². The topological polar surface area (TPSA) is 114 Å². The van der Waals surface area contributed by atoms with E-state index < -0.39 is 11.8 Å². The Bertz CT molecular complexity index is 1270. The number of amides is 2. The Balaban J connectivity index is 1.58. The quantitative estimate of drug-likeness (QED) is 0.447. The first-order chi connectivity index (χ1) is 14.5. The first-order valence-corrected chi connectivity index (χ1v) is 8.98. The van der Waals surface area contributed by atoms with Crippen LogP contribution in [-0.2, 0) is 0 Å². The molecule has 0 unspecified atom stereocenters. The van der Waals surface area contributed by atoms with Crippen LogP contribution in [0.1, 0.15) is 15.9 Å². The van der Waals surface area contributed by atoms with Crippen molar-refractivity contribution in [2.45, 2.75) is 6.92 Å². The number of nitrogen functional groups attached to an aromatic ring is 1. The van der Waals surface area contributed by atoms with E-state index >= 15 is 0 Å². The molecule has 0 aliphatic carbocycles. The zero-order chi connectivity index (χ0) is 21.3. The molecule has 9 heteroatoms. The van der Waals surface area contributed by atoms with Crippen LogP contribution in [0.4, 0.5) is 26.4 Å². The van der Waals surface area contributed by atoms with Gasteiger partial charge < -0.3 is 16.4 Å². The number of rotatable bonds is 4. The number of nitrogens with zero attached hydrogens (tertiary/aromatic N) is 3. The Morgan fingerprint density at radius 3 is 2.67 bits per heavy atom. The van der Waals surface area contributed by atoms with E-state index in [1.54, 1.807) is 49.5 Å². The number of benzene rings is 2. The molecule has 8 nitrogen and oxygen atoms in total. The second-order valence-corrected chi connectivity index (χ2v) is 6.66. The van der Waals surface area contributed by atoms with Gasteiger partial charge in [0.05, 0.1) is 5.69 Å². The number of fused-ring (bicyclic) bond motifs is 1. The van der Waals surface area contributed by atoms with E-state index in [0.717, 1.165) is 11.8 Å². The first kappa shape index (κ1) is 19.1. The number of nitrogens with two attached hydrogens (primary N) is 1. The average Bonchev–Trinajstić information content (AvgIpc) is 3.11. The van der Waals surface area contributed by atoms with Gasteiger partial charge in [0.25, 0.3) is 0 Å². The lowest BCUT2D eigenvalue weighted by Gasteiger charge is -2.10. The van der Waals surface area contributed by atoms with Gasteiger partial charge in [0.2, 0.25) is 0 Å². The molecule has 0 fully saturated rings. The predicted molar refractivity (Wildman–Crippen MR) is 112 cm³/mol. The molecular weight excluding hydrogens is 387 g/mol. The van der Waals surface area contributed by atoms with Gasteiger partial charge in [0.1, 0.15) is 17.7 Å². The molecule has 2 heterocycles. The van der Waals surface area contributed by atoms with E-state index in [9.17, 15) is 14.0 Å². The summed E-state index contributed by atoms with van der Waals surface area (Å²) in [6.07, 6.45) is 3.61. The largest absolute Gasteiger partial charge is 0.382 e. The summed E-state index contributed by atoms with van der Waals surface area (Å²) >= 11 is 0. The molecule has 4 N–H and O–H groups in total. The van der Waals surface area contributed by atoms with Crippen molar-refractivity contribution >= 4 is 35.0 Å². The fourth-order valence-electron chi connectivity index (χ4n) is 3.19. The molecule has 0 spiro atoms. The summed E-state index contributed by atoms with van der Waals surface area (Å²) in [4.78, 5) is 27.7. The highest BCUT2D eigenvalue weighted by atomic mass is 19.1. The fraction of sp³-hybridized carbons (Fsp3) is 0.0476. The number of urea groups is 1. The number of aryl methyl sites for hydroxylation is 1. The molecular formula is C21H17FN6O2. The lowest BCUT2D eigenvalue weighted by Crippen LogP contribution is -2.20. The Kier molecular flexibility index (Phi) is 4.85. The molecule has 0 saturated carbocycles. The molecule has 0 bridgehead atoms. The van der Waals surface area contributed by atoms with Gasteiger partial charge in [0, 0.05) is 23.0 Å². The number of nitrogens with one attached hydrogen (secondary N) is 2. The van der Waals surface area contributed by atoms with Gasteiger partial charge in [-0.25, -0.2) is 18.7 Å². The Morgan fingerprint density at radius 1 is 1.17 bits per heavy atom. The van der Waals surface area contributed by atoms with Crippen molar-refractivity contribution in [3.8, 4) is 11.1 Å². The van der Waals surface area contributed by atoms with Crippen molar-refractivity contribution in [2.24, 2.45) is 0 Å². The summed E-state index contributed by atoms with van der Waals surface area (Å²) in [5, 5.41) is 9.21. The summed E-state index contributed by atoms with van der Waals surface area (Å²) in [7, 11) is 0. The normalized spacial score (nSPS) is 10.7. The molecule has 2 amide bonds. The van der Waals surface area contributed by atoms with Crippen molar-refractivity contribution < 1.29 is 14.0 Å². The molecule has 4 aromatic rings. The fourth-order valence-corrected chi connectivity index (χ4v) is 3.19. The van der Waals surface area contributed by atoms with Crippen LogP contribution in [0.5, 0.6) is 0 Å². The van der Waals surface area contributed by atoms with Crippen molar-refractivity contribution in [2.75, 3.05) is 16.4 Å². The van der Waals surface area contributed by atoms with E-state index in [1.807, 2.05) is 0 Å². The van der Waals surface area contributed by atoms with Crippen LogP contribution >= 0.6 is 0 Å². The highest BCUT2D eigenvalue weighted by Gasteiger charge is 2.16. The van der Waals surface area contributed by atoms with Crippen molar-refractivity contribution in [3.05, 3.63) is 71.9 Å². The summed E-state index contributed by atoms with van der Waals surface area (Å²) in [6.45, 7) is 1.80. The Morgan fingerprint density at radius 2 is 1.93 bits per heavy atom. The molecule has 30 heavy (non-hydrogen) atoms. The second-order valence-electron chi connectivity index (χ2n) is 6.66. The molecule has 0 saturated heterocycles. The van der Waals surface area contributed by atoms with Crippen LogP contribution in [0, 0.1) is 12.7 Å². The maximum absolute atomic E-state index is 13.8. The van der Waals surface area contributed by atoms with Crippen LogP contribution in [0.25, 0.3) is 16.6 Å². The number of hydrogen-bond donors (Lipinski definition) is 3. The maximum Gasteiger partial charge on any atom is 0.323 e.